The van der Waals surface area contributed by atoms with Crippen LogP contribution in [-0.2, 0) is 6.42 Å². The number of carbonyl (C=O) groups is 1. The van der Waals surface area contributed by atoms with Gasteiger partial charge in [-0.1, -0.05) is 49.7 Å². The monoisotopic (exact) mass is 320 g/mol. The molecule has 0 saturated carbocycles. The normalized spacial score (nSPS) is 10.9. The Labute approximate surface area is 133 Å². The fraction of sp³-hybridized carbons (Fsp3) is 0.235. The molecule has 0 radical (unpaired) electrons. The van der Waals surface area contributed by atoms with Gasteiger partial charge in [0, 0.05) is 11.6 Å². The number of phenols is 3. The Hall–Kier alpha value is -2.20. The molecule has 2 aromatic rings. The molecule has 0 aliphatic heterocycles. The summed E-state index contributed by atoms with van der Waals surface area (Å²) < 4.78 is 0. The van der Waals surface area contributed by atoms with E-state index in [1.54, 1.807) is 12.1 Å². The van der Waals surface area contributed by atoms with Crippen LogP contribution in [0.15, 0.2) is 30.3 Å². The van der Waals surface area contributed by atoms with Gasteiger partial charge in [-0.25, -0.2) is 0 Å². The molecule has 0 saturated heterocycles. The van der Waals surface area contributed by atoms with Gasteiger partial charge in [0.2, 0.25) is 5.75 Å². The third-order valence-corrected chi connectivity index (χ3v) is 3.59. The molecule has 0 amide bonds. The summed E-state index contributed by atoms with van der Waals surface area (Å²) in [4.78, 5) is 12.4. The van der Waals surface area contributed by atoms with Crippen LogP contribution in [0.2, 0.25) is 5.02 Å². The number of ketones is 1. The van der Waals surface area contributed by atoms with E-state index < -0.39 is 23.0 Å². The fourth-order valence-electron chi connectivity index (χ4n) is 2.24. The summed E-state index contributed by atoms with van der Waals surface area (Å²) in [6.45, 7) is 4.21. The van der Waals surface area contributed by atoms with Crippen molar-refractivity contribution >= 4 is 17.4 Å². The lowest BCUT2D eigenvalue weighted by molar-refractivity contribution is 0.103. The quantitative estimate of drug-likeness (QED) is 0.590. The first-order chi connectivity index (χ1) is 10.3. The molecular formula is C17H17ClO4. The minimum absolute atomic E-state index is 0.121. The van der Waals surface area contributed by atoms with Crippen LogP contribution in [0.5, 0.6) is 17.2 Å². The van der Waals surface area contributed by atoms with Crippen molar-refractivity contribution in [3.8, 4) is 17.2 Å². The number of hydrogen-bond acceptors (Lipinski definition) is 4. The Bertz CT molecular complexity index is 706. The van der Waals surface area contributed by atoms with E-state index in [0.29, 0.717) is 11.5 Å². The zero-order chi connectivity index (χ0) is 16.4. The molecule has 0 aromatic heterocycles. The molecule has 0 aliphatic rings. The van der Waals surface area contributed by atoms with E-state index in [1.165, 1.54) is 0 Å². The maximum Gasteiger partial charge on any atom is 0.201 e. The Morgan fingerprint density at radius 2 is 1.68 bits per heavy atom. The molecule has 2 rings (SSSR count). The second-order valence-electron chi connectivity index (χ2n) is 5.57. The average molecular weight is 321 g/mol. The maximum atomic E-state index is 12.4. The lowest BCUT2D eigenvalue weighted by Crippen LogP contribution is -2.04. The Balaban J connectivity index is 2.39. The Morgan fingerprint density at radius 3 is 2.23 bits per heavy atom. The molecule has 0 spiro atoms. The minimum atomic E-state index is -0.760. The van der Waals surface area contributed by atoms with Crippen LogP contribution in [0.4, 0.5) is 0 Å². The van der Waals surface area contributed by atoms with Crippen molar-refractivity contribution in [2.24, 2.45) is 5.92 Å². The van der Waals surface area contributed by atoms with E-state index in [2.05, 4.69) is 13.8 Å². The first-order valence-corrected chi connectivity index (χ1v) is 7.26. The van der Waals surface area contributed by atoms with E-state index in [1.807, 2.05) is 12.1 Å². The van der Waals surface area contributed by atoms with Crippen LogP contribution in [-0.4, -0.2) is 21.1 Å². The molecular weight excluding hydrogens is 304 g/mol. The summed E-state index contributed by atoms with van der Waals surface area (Å²) in [6, 6.07) is 8.02. The SMILES string of the molecule is CC(C)Cc1ccc(C(=O)c2c(Cl)cc(O)c(O)c2O)cc1. The Kier molecular flexibility index (Phi) is 4.62. The highest BCUT2D eigenvalue weighted by atomic mass is 35.5. The van der Waals surface area contributed by atoms with Gasteiger partial charge in [-0.05, 0) is 17.9 Å². The van der Waals surface area contributed by atoms with E-state index in [-0.39, 0.29) is 10.6 Å². The third-order valence-electron chi connectivity index (χ3n) is 3.29. The topological polar surface area (TPSA) is 77.8 Å². The summed E-state index contributed by atoms with van der Waals surface area (Å²) in [5.74, 6) is -2.07. The fourth-order valence-corrected chi connectivity index (χ4v) is 2.52. The summed E-state index contributed by atoms with van der Waals surface area (Å²) in [5, 5.41) is 28.6. The number of hydrogen-bond donors (Lipinski definition) is 3. The van der Waals surface area contributed by atoms with E-state index in [4.69, 9.17) is 11.6 Å². The maximum absolute atomic E-state index is 12.4. The highest BCUT2D eigenvalue weighted by Gasteiger charge is 2.22. The van der Waals surface area contributed by atoms with Gasteiger partial charge in [-0.2, -0.15) is 0 Å². The number of phenolic OH excluding ortho intramolecular Hbond substituents is 3. The highest BCUT2D eigenvalue weighted by Crippen LogP contribution is 2.42. The van der Waals surface area contributed by atoms with Crippen LogP contribution in [0.25, 0.3) is 0 Å². The van der Waals surface area contributed by atoms with Gasteiger partial charge in [-0.15, -0.1) is 0 Å². The van der Waals surface area contributed by atoms with Gasteiger partial charge in [0.25, 0.3) is 0 Å². The molecule has 0 fully saturated rings. The van der Waals surface area contributed by atoms with Gasteiger partial charge in [0.15, 0.2) is 17.3 Å². The number of aromatic hydroxyl groups is 3. The van der Waals surface area contributed by atoms with Crippen molar-refractivity contribution in [1.29, 1.82) is 0 Å². The predicted molar refractivity (Wildman–Crippen MR) is 84.9 cm³/mol. The molecule has 0 bridgehead atoms. The van der Waals surface area contributed by atoms with E-state index >= 15 is 0 Å². The first-order valence-electron chi connectivity index (χ1n) is 6.88. The van der Waals surface area contributed by atoms with Crippen molar-refractivity contribution in [3.05, 3.63) is 52.0 Å². The lowest BCUT2D eigenvalue weighted by Gasteiger charge is -2.10. The lowest BCUT2D eigenvalue weighted by atomic mass is 9.97. The van der Waals surface area contributed by atoms with Crippen molar-refractivity contribution in [1.82, 2.24) is 0 Å². The molecule has 3 N–H and O–H groups in total. The van der Waals surface area contributed by atoms with Crippen LogP contribution in [0, 0.1) is 5.92 Å². The van der Waals surface area contributed by atoms with Gasteiger partial charge in [0.1, 0.15) is 0 Å². The van der Waals surface area contributed by atoms with Crippen molar-refractivity contribution < 1.29 is 20.1 Å². The molecule has 0 unspecified atom stereocenters. The summed E-state index contributed by atoms with van der Waals surface area (Å²) >= 11 is 5.90. The molecule has 22 heavy (non-hydrogen) atoms. The predicted octanol–water partition coefficient (Wildman–Crippen LogP) is 3.89. The molecule has 0 atom stereocenters. The Morgan fingerprint density at radius 1 is 1.09 bits per heavy atom. The number of halogens is 1. The summed E-state index contributed by atoms with van der Waals surface area (Å²) in [5.41, 5.74) is 1.22. The van der Waals surface area contributed by atoms with Crippen molar-refractivity contribution in [2.45, 2.75) is 20.3 Å². The second-order valence-corrected chi connectivity index (χ2v) is 5.98. The average Bonchev–Trinajstić information content (AvgIpc) is 2.45. The molecule has 0 aliphatic carbocycles. The van der Waals surface area contributed by atoms with Gasteiger partial charge < -0.3 is 15.3 Å². The largest absolute Gasteiger partial charge is 0.504 e. The van der Waals surface area contributed by atoms with Crippen LogP contribution < -0.4 is 0 Å². The summed E-state index contributed by atoms with van der Waals surface area (Å²) in [6.07, 6.45) is 0.903. The molecule has 0 heterocycles. The standard InChI is InChI=1S/C17H17ClO4/c1-9(2)7-10-3-5-11(6-4-10)15(20)14-12(18)8-13(19)16(21)17(14)22/h3-6,8-9,19,21-22H,7H2,1-2H3. The zero-order valence-electron chi connectivity index (χ0n) is 12.3. The first kappa shape index (κ1) is 16.2. The zero-order valence-corrected chi connectivity index (χ0v) is 13.1. The van der Waals surface area contributed by atoms with Crippen LogP contribution in [0.3, 0.4) is 0 Å². The third kappa shape index (κ3) is 3.17. The van der Waals surface area contributed by atoms with Gasteiger partial charge in [-0.3, -0.25) is 4.79 Å². The minimum Gasteiger partial charge on any atom is -0.504 e. The summed E-state index contributed by atoms with van der Waals surface area (Å²) in [7, 11) is 0. The second kappa shape index (κ2) is 6.28. The van der Waals surface area contributed by atoms with Crippen molar-refractivity contribution in [3.63, 3.8) is 0 Å². The molecule has 2 aromatic carbocycles. The number of benzene rings is 2. The molecule has 4 nitrogen and oxygen atoms in total. The number of rotatable bonds is 4. The van der Waals surface area contributed by atoms with Gasteiger partial charge >= 0.3 is 0 Å². The number of carbonyl (C=O) groups excluding carboxylic acids is 1. The van der Waals surface area contributed by atoms with E-state index in [0.717, 1.165) is 18.1 Å². The van der Waals surface area contributed by atoms with Crippen LogP contribution in [0.1, 0.15) is 35.3 Å². The van der Waals surface area contributed by atoms with Crippen LogP contribution >= 0.6 is 11.6 Å². The highest BCUT2D eigenvalue weighted by molar-refractivity contribution is 6.35. The van der Waals surface area contributed by atoms with Crippen molar-refractivity contribution in [2.75, 3.05) is 0 Å². The van der Waals surface area contributed by atoms with E-state index in [9.17, 15) is 20.1 Å². The van der Waals surface area contributed by atoms with Gasteiger partial charge in [0.05, 0.1) is 10.6 Å². The smallest absolute Gasteiger partial charge is 0.201 e. The molecule has 116 valence electrons. The molecule has 5 heteroatoms.